The average Bonchev–Trinajstić information content (AvgIpc) is 3.01. The Morgan fingerprint density at radius 3 is 2.35 bits per heavy atom. The standard InChI is InChI=1S/C16H19FN4O4S/c1-18-26(24,25)11-9-14(21(2)10-11)16(23)20-8-7-19-15(22)12-5-3-4-6-13(12)17/h3-6,9-10,18H,7-8H2,1-2H3,(H,19,22)(H,20,23). The average molecular weight is 382 g/mol. The summed E-state index contributed by atoms with van der Waals surface area (Å²) >= 11 is 0. The van der Waals surface area contributed by atoms with Gasteiger partial charge in [0.05, 0.1) is 5.56 Å². The van der Waals surface area contributed by atoms with E-state index >= 15 is 0 Å². The molecule has 1 aromatic carbocycles. The lowest BCUT2D eigenvalue weighted by Gasteiger charge is -2.08. The van der Waals surface area contributed by atoms with Crippen molar-refractivity contribution in [2.24, 2.45) is 7.05 Å². The molecule has 2 aromatic rings. The minimum absolute atomic E-state index is 0.0273. The molecule has 8 nitrogen and oxygen atoms in total. The lowest BCUT2D eigenvalue weighted by molar-refractivity contribution is 0.0921. The zero-order valence-electron chi connectivity index (χ0n) is 14.2. The molecular formula is C16H19FN4O4S. The van der Waals surface area contributed by atoms with Gasteiger partial charge in [-0.1, -0.05) is 12.1 Å². The van der Waals surface area contributed by atoms with E-state index in [-0.39, 0.29) is 29.2 Å². The molecule has 1 heterocycles. The van der Waals surface area contributed by atoms with E-state index in [0.717, 1.165) is 0 Å². The van der Waals surface area contributed by atoms with Crippen LogP contribution in [-0.2, 0) is 17.1 Å². The summed E-state index contributed by atoms with van der Waals surface area (Å²) in [6, 6.07) is 6.82. The minimum atomic E-state index is -3.65. The van der Waals surface area contributed by atoms with Gasteiger partial charge in [-0.3, -0.25) is 9.59 Å². The molecule has 3 N–H and O–H groups in total. The molecule has 0 bridgehead atoms. The highest BCUT2D eigenvalue weighted by atomic mass is 32.2. The van der Waals surface area contributed by atoms with Crippen molar-refractivity contribution in [1.29, 1.82) is 0 Å². The van der Waals surface area contributed by atoms with Crippen LogP contribution in [0.2, 0.25) is 0 Å². The Balaban J connectivity index is 1.90. The van der Waals surface area contributed by atoms with Gasteiger partial charge >= 0.3 is 0 Å². The summed E-state index contributed by atoms with van der Waals surface area (Å²) in [6.07, 6.45) is 1.32. The number of benzene rings is 1. The van der Waals surface area contributed by atoms with Crippen LogP contribution < -0.4 is 15.4 Å². The number of carbonyl (C=O) groups is 2. The number of hydrogen-bond acceptors (Lipinski definition) is 4. The van der Waals surface area contributed by atoms with E-state index in [0.29, 0.717) is 0 Å². The number of aryl methyl sites for hydroxylation is 1. The molecule has 10 heteroatoms. The maximum absolute atomic E-state index is 13.5. The lowest BCUT2D eigenvalue weighted by Crippen LogP contribution is -2.35. The molecule has 0 aliphatic carbocycles. The molecule has 0 atom stereocenters. The molecule has 0 spiro atoms. The quantitative estimate of drug-likeness (QED) is 0.596. The molecule has 26 heavy (non-hydrogen) atoms. The minimum Gasteiger partial charge on any atom is -0.350 e. The molecule has 0 fully saturated rings. The number of halogens is 1. The second-order valence-electron chi connectivity index (χ2n) is 5.37. The van der Waals surface area contributed by atoms with Crippen LogP contribution in [0.15, 0.2) is 41.4 Å². The first-order valence-electron chi connectivity index (χ1n) is 7.67. The number of nitrogens with zero attached hydrogens (tertiary/aromatic N) is 1. The fourth-order valence-corrected chi connectivity index (χ4v) is 3.01. The van der Waals surface area contributed by atoms with E-state index in [9.17, 15) is 22.4 Å². The Bertz CT molecular complexity index is 924. The van der Waals surface area contributed by atoms with Gasteiger partial charge in [-0.25, -0.2) is 17.5 Å². The van der Waals surface area contributed by atoms with Gasteiger partial charge in [0, 0.05) is 26.3 Å². The molecule has 1 aromatic heterocycles. The van der Waals surface area contributed by atoms with E-state index in [1.807, 2.05) is 0 Å². The second kappa shape index (κ2) is 8.11. The fraction of sp³-hybridized carbons (Fsp3) is 0.250. The number of aromatic nitrogens is 1. The molecule has 2 amide bonds. The first-order chi connectivity index (χ1) is 12.3. The fourth-order valence-electron chi connectivity index (χ4n) is 2.21. The van der Waals surface area contributed by atoms with Crippen molar-refractivity contribution in [3.63, 3.8) is 0 Å². The van der Waals surface area contributed by atoms with Crippen LogP contribution in [0.1, 0.15) is 20.8 Å². The number of sulfonamides is 1. The zero-order chi connectivity index (χ0) is 19.3. The molecule has 2 rings (SSSR count). The van der Waals surface area contributed by atoms with Gasteiger partial charge in [-0.15, -0.1) is 0 Å². The van der Waals surface area contributed by atoms with Crippen LogP contribution in [0.25, 0.3) is 0 Å². The van der Waals surface area contributed by atoms with Crippen LogP contribution in [0.3, 0.4) is 0 Å². The van der Waals surface area contributed by atoms with Crippen LogP contribution in [-0.4, -0.2) is 44.9 Å². The SMILES string of the molecule is CNS(=O)(=O)c1cc(C(=O)NCCNC(=O)c2ccccc2F)n(C)c1. The van der Waals surface area contributed by atoms with Crippen molar-refractivity contribution in [3.8, 4) is 0 Å². The summed E-state index contributed by atoms with van der Waals surface area (Å²) in [4.78, 5) is 24.0. The molecular weight excluding hydrogens is 363 g/mol. The topological polar surface area (TPSA) is 109 Å². The Morgan fingerprint density at radius 1 is 1.12 bits per heavy atom. The third kappa shape index (κ3) is 4.46. The monoisotopic (exact) mass is 382 g/mol. The van der Waals surface area contributed by atoms with Crippen molar-refractivity contribution in [2.45, 2.75) is 4.90 Å². The molecule has 0 saturated heterocycles. The van der Waals surface area contributed by atoms with Crippen LogP contribution >= 0.6 is 0 Å². The number of nitrogens with one attached hydrogen (secondary N) is 3. The van der Waals surface area contributed by atoms with Crippen molar-refractivity contribution in [2.75, 3.05) is 20.1 Å². The van der Waals surface area contributed by atoms with Crippen LogP contribution in [0.5, 0.6) is 0 Å². The Hall–Kier alpha value is -2.72. The zero-order valence-corrected chi connectivity index (χ0v) is 15.1. The molecule has 0 saturated carbocycles. The Labute approximate surface area is 150 Å². The summed E-state index contributed by atoms with van der Waals surface area (Å²) in [5, 5.41) is 5.05. The summed E-state index contributed by atoms with van der Waals surface area (Å²) in [6.45, 7) is 0.184. The summed E-state index contributed by atoms with van der Waals surface area (Å²) in [5.41, 5.74) is 0.0717. The highest BCUT2D eigenvalue weighted by Gasteiger charge is 2.19. The van der Waals surface area contributed by atoms with Gasteiger partial charge in [0.15, 0.2) is 0 Å². The predicted octanol–water partition coefficient (Wildman–Crippen LogP) is 0.232. The maximum atomic E-state index is 13.5. The van der Waals surface area contributed by atoms with Gasteiger partial charge in [-0.2, -0.15) is 0 Å². The summed E-state index contributed by atoms with van der Waals surface area (Å²) in [7, 11) is -0.825. The summed E-state index contributed by atoms with van der Waals surface area (Å²) < 4.78 is 40.5. The van der Waals surface area contributed by atoms with Gasteiger partial charge in [0.2, 0.25) is 10.0 Å². The first-order valence-corrected chi connectivity index (χ1v) is 9.15. The van der Waals surface area contributed by atoms with E-state index in [1.165, 1.54) is 42.1 Å². The third-order valence-corrected chi connectivity index (χ3v) is 4.99. The molecule has 0 unspecified atom stereocenters. The predicted molar refractivity (Wildman–Crippen MR) is 92.7 cm³/mol. The normalized spacial score (nSPS) is 11.2. The van der Waals surface area contributed by atoms with Gasteiger partial charge in [0.25, 0.3) is 11.8 Å². The largest absolute Gasteiger partial charge is 0.350 e. The molecule has 0 aliphatic heterocycles. The van der Waals surface area contributed by atoms with E-state index in [4.69, 9.17) is 0 Å². The number of carbonyl (C=O) groups excluding carboxylic acids is 2. The maximum Gasteiger partial charge on any atom is 0.268 e. The van der Waals surface area contributed by atoms with Crippen molar-refractivity contribution >= 4 is 21.8 Å². The summed E-state index contributed by atoms with van der Waals surface area (Å²) in [5.74, 6) is -1.71. The van der Waals surface area contributed by atoms with Crippen molar-refractivity contribution < 1.29 is 22.4 Å². The second-order valence-corrected chi connectivity index (χ2v) is 7.26. The molecule has 0 radical (unpaired) electrons. The van der Waals surface area contributed by atoms with Crippen LogP contribution in [0.4, 0.5) is 4.39 Å². The third-order valence-electron chi connectivity index (χ3n) is 3.61. The smallest absolute Gasteiger partial charge is 0.268 e. The number of hydrogen-bond donors (Lipinski definition) is 3. The Morgan fingerprint density at radius 2 is 1.73 bits per heavy atom. The van der Waals surface area contributed by atoms with Gasteiger partial charge in [0.1, 0.15) is 16.4 Å². The Kier molecular flexibility index (Phi) is 6.11. The molecule has 0 aliphatic rings. The van der Waals surface area contributed by atoms with E-state index in [1.54, 1.807) is 13.1 Å². The highest BCUT2D eigenvalue weighted by Crippen LogP contribution is 2.12. The van der Waals surface area contributed by atoms with Crippen molar-refractivity contribution in [3.05, 3.63) is 53.6 Å². The van der Waals surface area contributed by atoms with Crippen LogP contribution in [0, 0.1) is 5.82 Å². The number of amides is 2. The van der Waals surface area contributed by atoms with E-state index < -0.39 is 27.7 Å². The van der Waals surface area contributed by atoms with Gasteiger partial charge < -0.3 is 15.2 Å². The van der Waals surface area contributed by atoms with Gasteiger partial charge in [-0.05, 0) is 25.2 Å². The lowest BCUT2D eigenvalue weighted by atomic mass is 10.2. The van der Waals surface area contributed by atoms with E-state index in [2.05, 4.69) is 15.4 Å². The highest BCUT2D eigenvalue weighted by molar-refractivity contribution is 7.89. The molecule has 140 valence electrons. The first kappa shape index (κ1) is 19.6. The van der Waals surface area contributed by atoms with Crippen molar-refractivity contribution in [1.82, 2.24) is 19.9 Å². The number of rotatable bonds is 7.